The minimum Gasteiger partial charge on any atom is -0.456 e. The van der Waals surface area contributed by atoms with E-state index in [2.05, 4.69) is 50.4 Å². The number of nitrogens with one attached hydrogen (secondary N) is 1. The van der Waals surface area contributed by atoms with Gasteiger partial charge in [-0.05, 0) is 76.7 Å². The van der Waals surface area contributed by atoms with E-state index in [0.29, 0.717) is 17.4 Å². The number of esters is 1. The Morgan fingerprint density at radius 1 is 0.444 bits per heavy atom. The van der Waals surface area contributed by atoms with Crippen molar-refractivity contribution in [2.75, 3.05) is 40.9 Å². The number of carbonyl (C=O) groups is 2. The molecule has 0 bridgehead atoms. The molecule has 10 heteroatoms. The Bertz CT molecular complexity index is 1710. The molecular weight excluding hydrogens is 1020 g/mol. The van der Waals surface area contributed by atoms with Crippen molar-refractivity contribution in [2.24, 2.45) is 0 Å². The molecule has 0 fully saturated rings. The van der Waals surface area contributed by atoms with E-state index in [9.17, 15) is 19.0 Å². The summed E-state index contributed by atoms with van der Waals surface area (Å²) in [5.41, 5.74) is 0. The number of carbonyl (C=O) groups excluding carboxylic acids is 2. The smallest absolute Gasteiger partial charge is 0.456 e. The first kappa shape index (κ1) is 77.9. The molecule has 9 nitrogen and oxygen atoms in total. The Morgan fingerprint density at radius 2 is 0.802 bits per heavy atom. The molecule has 0 heterocycles. The predicted molar refractivity (Wildman–Crippen MR) is 350 cm³/mol. The van der Waals surface area contributed by atoms with Crippen LogP contribution < -0.4 is 5.32 Å². The molecule has 81 heavy (non-hydrogen) atoms. The molecule has 0 saturated carbocycles. The van der Waals surface area contributed by atoms with Crippen LogP contribution in [0.15, 0.2) is 97.2 Å². The molecule has 0 aliphatic carbocycles. The summed E-state index contributed by atoms with van der Waals surface area (Å²) in [6.07, 6.45) is 81.5. The van der Waals surface area contributed by atoms with Gasteiger partial charge in [0.1, 0.15) is 19.3 Å². The fraction of sp³-hybridized carbons (Fsp3) is 0.746. The number of allylic oxidation sites excluding steroid dienone is 15. The molecule has 468 valence electrons. The highest BCUT2D eigenvalue weighted by Crippen LogP contribution is 2.43. The van der Waals surface area contributed by atoms with Crippen molar-refractivity contribution in [1.29, 1.82) is 0 Å². The van der Waals surface area contributed by atoms with Crippen LogP contribution in [0.3, 0.4) is 0 Å². The summed E-state index contributed by atoms with van der Waals surface area (Å²) in [7, 11) is 1.46. The second-order valence-electron chi connectivity index (χ2n) is 23.8. The Morgan fingerprint density at radius 3 is 1.23 bits per heavy atom. The molecule has 0 aromatic carbocycles. The summed E-state index contributed by atoms with van der Waals surface area (Å²) >= 11 is 0. The van der Waals surface area contributed by atoms with Crippen LogP contribution in [0.25, 0.3) is 0 Å². The third-order valence-electron chi connectivity index (χ3n) is 14.7. The lowest BCUT2D eigenvalue weighted by molar-refractivity contribution is -0.870. The summed E-state index contributed by atoms with van der Waals surface area (Å²) in [5, 5.41) is 3.03. The van der Waals surface area contributed by atoms with Gasteiger partial charge in [0.2, 0.25) is 5.91 Å². The van der Waals surface area contributed by atoms with Crippen LogP contribution in [0.5, 0.6) is 0 Å². The van der Waals surface area contributed by atoms with Gasteiger partial charge in [0.25, 0.3) is 0 Å². The normalized spacial score (nSPS) is 14.2. The standard InChI is InChI=1S/C71H127N2O7P/c1-7-10-13-16-19-22-25-27-29-31-32-33-34-35-36-37-38-39-40-42-44-46-49-52-55-58-61-64-71(75)80-69(62-59-56-53-50-47-24-21-18-15-12-9-3)68(67-79-81(76,77)78-66-65-73(4,5)6)72-70(74)63-60-57-54-51-48-45-43-41-30-28-26-23-20-17-14-11-8-2/h11,14,17,20,23,26-30,41,43,45,48,59,62,68-69H,7-10,12-13,15-16,18-19,21-22,24-25,31-40,42,44,46-47,49-58,60-61,63-67H2,1-6H3,(H-,72,74,76,77)/p+1/b14-11-,20-17+,26-23+,29-27+,30-28-,43-41+,48-45+,62-59-. The average Bonchev–Trinajstić information content (AvgIpc) is 3.44. The first-order valence-electron chi connectivity index (χ1n) is 33.6. The number of nitrogens with zero attached hydrogens (tertiary/aromatic N) is 1. The van der Waals surface area contributed by atoms with Crippen LogP contribution in [-0.2, 0) is 27.9 Å². The van der Waals surface area contributed by atoms with Gasteiger partial charge in [-0.3, -0.25) is 18.6 Å². The van der Waals surface area contributed by atoms with Crippen molar-refractivity contribution in [1.82, 2.24) is 5.32 Å². The van der Waals surface area contributed by atoms with E-state index in [1.807, 2.05) is 94.1 Å². The zero-order valence-corrected chi connectivity index (χ0v) is 54.4. The lowest BCUT2D eigenvalue weighted by Crippen LogP contribution is -2.47. The van der Waals surface area contributed by atoms with Crippen LogP contribution in [0.4, 0.5) is 0 Å². The number of phosphoric ester groups is 1. The summed E-state index contributed by atoms with van der Waals surface area (Å²) < 4.78 is 30.7. The molecule has 3 atom stereocenters. The lowest BCUT2D eigenvalue weighted by atomic mass is 10.0. The number of ether oxygens (including phenoxy) is 1. The van der Waals surface area contributed by atoms with Gasteiger partial charge in [-0.2, -0.15) is 0 Å². The molecule has 0 aromatic rings. The maximum atomic E-state index is 13.5. The summed E-state index contributed by atoms with van der Waals surface area (Å²) in [6.45, 7) is 6.83. The Hall–Kier alpha value is -3.07. The van der Waals surface area contributed by atoms with Gasteiger partial charge in [-0.25, -0.2) is 4.57 Å². The quantitative estimate of drug-likeness (QED) is 0.0156. The van der Waals surface area contributed by atoms with Crippen molar-refractivity contribution in [3.63, 3.8) is 0 Å². The molecule has 0 aliphatic rings. The van der Waals surface area contributed by atoms with E-state index in [-0.39, 0.29) is 37.9 Å². The van der Waals surface area contributed by atoms with Crippen molar-refractivity contribution < 1.29 is 37.3 Å². The monoisotopic (exact) mass is 1150 g/mol. The van der Waals surface area contributed by atoms with E-state index in [1.165, 1.54) is 186 Å². The SMILES string of the molecule is CC\C=C/C=C/C=C/C=C\C=C\C=C\CCCCCC(=O)NC(COP(=O)(O)OCC[N+](C)(C)C)C(/C=C\CCCCCCCCCCC)OC(=O)CCCCCCCCCCCCCCCCCCC/C=C/CCCCCCCC. The zero-order chi connectivity index (χ0) is 59.3. The lowest BCUT2D eigenvalue weighted by Gasteiger charge is -2.27. The van der Waals surface area contributed by atoms with E-state index in [1.54, 1.807) is 0 Å². The first-order valence-corrected chi connectivity index (χ1v) is 35.1. The van der Waals surface area contributed by atoms with Crippen molar-refractivity contribution >= 4 is 19.7 Å². The Kier molecular flexibility index (Phi) is 57.8. The van der Waals surface area contributed by atoms with E-state index in [0.717, 1.165) is 64.2 Å². The molecular formula is C71H128N2O7P+. The number of likely N-dealkylation sites (N-methyl/N-ethyl adjacent to an activating group) is 1. The number of phosphoric acid groups is 1. The van der Waals surface area contributed by atoms with Gasteiger partial charge in [-0.1, -0.05) is 298 Å². The minimum atomic E-state index is -4.47. The molecule has 0 aliphatic heterocycles. The minimum absolute atomic E-state index is 0.0274. The molecule has 0 spiro atoms. The second-order valence-corrected chi connectivity index (χ2v) is 25.2. The first-order chi connectivity index (χ1) is 39.4. The Balaban J connectivity index is 5.06. The topological polar surface area (TPSA) is 111 Å². The Labute approximate surface area is 500 Å². The van der Waals surface area contributed by atoms with Gasteiger partial charge in [0, 0.05) is 12.8 Å². The zero-order valence-electron chi connectivity index (χ0n) is 53.5. The fourth-order valence-electron chi connectivity index (χ4n) is 9.50. The summed E-state index contributed by atoms with van der Waals surface area (Å²) in [5.74, 6) is -0.554. The van der Waals surface area contributed by atoms with Gasteiger partial charge in [0.05, 0.1) is 33.8 Å². The predicted octanol–water partition coefficient (Wildman–Crippen LogP) is 21.1. The van der Waals surface area contributed by atoms with Crippen LogP contribution in [0.2, 0.25) is 0 Å². The van der Waals surface area contributed by atoms with E-state index < -0.39 is 20.0 Å². The third kappa shape index (κ3) is 61.3. The molecule has 3 unspecified atom stereocenters. The molecule has 0 radical (unpaired) electrons. The van der Waals surface area contributed by atoms with Gasteiger partial charge in [0.15, 0.2) is 0 Å². The number of hydrogen-bond donors (Lipinski definition) is 2. The highest BCUT2D eigenvalue weighted by molar-refractivity contribution is 7.47. The van der Waals surface area contributed by atoms with Crippen LogP contribution >= 0.6 is 7.82 Å². The summed E-state index contributed by atoms with van der Waals surface area (Å²) in [4.78, 5) is 37.7. The number of amides is 1. The van der Waals surface area contributed by atoms with Gasteiger partial charge in [-0.15, -0.1) is 0 Å². The molecule has 2 N–H and O–H groups in total. The summed E-state index contributed by atoms with van der Waals surface area (Å²) in [6, 6.07) is -0.876. The highest BCUT2D eigenvalue weighted by atomic mass is 31.2. The fourth-order valence-corrected chi connectivity index (χ4v) is 10.2. The second kappa shape index (κ2) is 60.1. The number of hydrogen-bond acceptors (Lipinski definition) is 6. The molecule has 0 aromatic heterocycles. The maximum Gasteiger partial charge on any atom is 0.472 e. The van der Waals surface area contributed by atoms with Crippen LogP contribution in [0.1, 0.15) is 290 Å². The van der Waals surface area contributed by atoms with E-state index in [4.69, 9.17) is 13.8 Å². The molecule has 1 amide bonds. The number of unbranched alkanes of at least 4 members (excludes halogenated alkanes) is 35. The van der Waals surface area contributed by atoms with Crippen LogP contribution in [-0.4, -0.2) is 74.3 Å². The molecule has 0 saturated heterocycles. The van der Waals surface area contributed by atoms with Crippen LogP contribution in [0, 0.1) is 0 Å². The largest absolute Gasteiger partial charge is 0.472 e. The third-order valence-corrected chi connectivity index (χ3v) is 15.7. The van der Waals surface area contributed by atoms with Crippen molar-refractivity contribution in [3.05, 3.63) is 97.2 Å². The average molecular weight is 1150 g/mol. The van der Waals surface area contributed by atoms with Crippen molar-refractivity contribution in [3.8, 4) is 0 Å². The van der Waals surface area contributed by atoms with Gasteiger partial charge < -0.3 is 19.4 Å². The van der Waals surface area contributed by atoms with E-state index >= 15 is 0 Å². The van der Waals surface area contributed by atoms with Gasteiger partial charge >= 0.3 is 13.8 Å². The number of quaternary nitrogens is 1. The number of rotatable bonds is 60. The van der Waals surface area contributed by atoms with Crippen molar-refractivity contribution in [2.45, 2.75) is 303 Å². The molecule has 0 rings (SSSR count). The highest BCUT2D eigenvalue weighted by Gasteiger charge is 2.30. The maximum absolute atomic E-state index is 13.5.